The van der Waals surface area contributed by atoms with Gasteiger partial charge in [-0.2, -0.15) is 14.9 Å². The van der Waals surface area contributed by atoms with Crippen LogP contribution >= 0.6 is 12.4 Å². The summed E-state index contributed by atoms with van der Waals surface area (Å²) in [4.78, 5) is 16.3. The molecule has 0 unspecified atom stereocenters. The molecular weight excluding hydrogens is 346 g/mol. The van der Waals surface area contributed by atoms with E-state index in [-0.39, 0.29) is 29.0 Å². The fraction of sp³-hybridized carbons (Fsp3) is 0.0909. The van der Waals surface area contributed by atoms with Gasteiger partial charge in [-0.25, -0.2) is 13.6 Å². The van der Waals surface area contributed by atoms with Gasteiger partial charge in [0.2, 0.25) is 10.0 Å². The van der Waals surface area contributed by atoms with E-state index in [0.717, 1.165) is 4.80 Å². The van der Waals surface area contributed by atoms with Crippen LogP contribution in [-0.2, 0) is 10.0 Å². The zero-order valence-electron chi connectivity index (χ0n) is 11.9. The first-order valence-electron chi connectivity index (χ1n) is 5.89. The molecule has 1 amide bonds. The maximum atomic E-state index is 11.7. The molecule has 1 aromatic heterocycles. The summed E-state index contributed by atoms with van der Waals surface area (Å²) >= 11 is 0. The van der Waals surface area contributed by atoms with Crippen molar-refractivity contribution in [3.8, 4) is 5.69 Å². The number of nitrogens with two attached hydrogens (primary N) is 3. The largest absolute Gasteiger partial charge is 0.370 e. The number of aryl methyl sites for hydroxylation is 1. The van der Waals surface area contributed by atoms with E-state index in [9.17, 15) is 13.2 Å². The summed E-state index contributed by atoms with van der Waals surface area (Å²) in [5.41, 5.74) is 11.0. The number of aromatic nitrogens is 3. The van der Waals surface area contributed by atoms with Gasteiger partial charge >= 0.3 is 5.91 Å². The van der Waals surface area contributed by atoms with Gasteiger partial charge in [-0.15, -0.1) is 17.5 Å². The van der Waals surface area contributed by atoms with E-state index in [1.807, 2.05) is 0 Å². The Morgan fingerprint density at radius 1 is 1.17 bits per heavy atom. The molecule has 12 heteroatoms. The van der Waals surface area contributed by atoms with Crippen LogP contribution in [0.2, 0.25) is 0 Å². The molecule has 2 aromatic rings. The molecule has 1 heterocycles. The van der Waals surface area contributed by atoms with Crippen molar-refractivity contribution >= 4 is 34.3 Å². The number of primary sulfonamides is 1. The summed E-state index contributed by atoms with van der Waals surface area (Å²) in [6, 6.07) is 5.52. The monoisotopic (exact) mass is 359 g/mol. The molecule has 0 saturated carbocycles. The Morgan fingerprint density at radius 2 is 1.74 bits per heavy atom. The number of carbonyl (C=O) groups is 1. The van der Waals surface area contributed by atoms with Crippen molar-refractivity contribution in [1.82, 2.24) is 15.0 Å². The normalized spacial score (nSPS) is 10.7. The van der Waals surface area contributed by atoms with Crippen LogP contribution < -0.4 is 16.6 Å². The number of benzene rings is 1. The molecule has 0 bridgehead atoms. The Kier molecular flexibility index (Phi) is 5.42. The van der Waals surface area contributed by atoms with Gasteiger partial charge in [-0.05, 0) is 31.2 Å². The van der Waals surface area contributed by atoms with Crippen LogP contribution in [0.1, 0.15) is 16.2 Å². The smallest absolute Gasteiger partial charge is 0.302 e. The average molecular weight is 360 g/mol. The van der Waals surface area contributed by atoms with Crippen molar-refractivity contribution in [2.45, 2.75) is 11.8 Å². The molecule has 0 aliphatic carbocycles. The molecule has 0 aliphatic heterocycles. The van der Waals surface area contributed by atoms with Crippen LogP contribution in [0.3, 0.4) is 0 Å². The van der Waals surface area contributed by atoms with E-state index in [4.69, 9.17) is 16.6 Å². The van der Waals surface area contributed by atoms with E-state index < -0.39 is 15.9 Å². The summed E-state index contributed by atoms with van der Waals surface area (Å²) in [5.74, 6) is -1.10. The van der Waals surface area contributed by atoms with E-state index >= 15 is 0 Å². The van der Waals surface area contributed by atoms with Crippen LogP contribution in [0.5, 0.6) is 0 Å². The van der Waals surface area contributed by atoms with Gasteiger partial charge < -0.3 is 11.5 Å². The second-order valence-electron chi connectivity index (χ2n) is 4.30. The molecule has 0 atom stereocenters. The van der Waals surface area contributed by atoms with Crippen molar-refractivity contribution in [3.05, 3.63) is 35.7 Å². The maximum absolute atomic E-state index is 11.7. The van der Waals surface area contributed by atoms with Crippen molar-refractivity contribution in [1.29, 1.82) is 0 Å². The van der Waals surface area contributed by atoms with Gasteiger partial charge in [-0.1, -0.05) is 0 Å². The predicted octanol–water partition coefficient (Wildman–Crippen LogP) is -0.941. The summed E-state index contributed by atoms with van der Waals surface area (Å²) < 4.78 is 22.4. The van der Waals surface area contributed by atoms with Gasteiger partial charge in [0.15, 0.2) is 11.7 Å². The fourth-order valence-corrected chi connectivity index (χ4v) is 2.15. The first-order valence-corrected chi connectivity index (χ1v) is 7.44. The van der Waals surface area contributed by atoms with E-state index in [0.29, 0.717) is 11.4 Å². The lowest BCUT2D eigenvalue weighted by molar-refractivity contribution is 0.0997. The third-order valence-corrected chi connectivity index (χ3v) is 3.54. The minimum absolute atomic E-state index is 0. The first-order chi connectivity index (χ1) is 10.2. The van der Waals surface area contributed by atoms with Crippen LogP contribution in [0.15, 0.2) is 34.2 Å². The third kappa shape index (κ3) is 4.25. The standard InChI is InChI=1S/C11H13N7O3S.ClH/c1-6-9(10(19)15-11(12)13)17-18(16-6)7-2-4-8(5-3-7)22(14,20)21;/h2-5H,1H3,(H2,14,20,21)(H4,12,13,15,19);1H. The van der Waals surface area contributed by atoms with Crippen LogP contribution in [0, 0.1) is 6.92 Å². The van der Waals surface area contributed by atoms with E-state index in [1.165, 1.54) is 24.3 Å². The zero-order chi connectivity index (χ0) is 16.5. The average Bonchev–Trinajstić information content (AvgIpc) is 2.79. The maximum Gasteiger partial charge on any atom is 0.302 e. The lowest BCUT2D eigenvalue weighted by Crippen LogP contribution is -2.24. The number of halogens is 1. The molecule has 0 spiro atoms. The van der Waals surface area contributed by atoms with Crippen molar-refractivity contribution in [2.24, 2.45) is 21.6 Å². The highest BCUT2D eigenvalue weighted by atomic mass is 35.5. The van der Waals surface area contributed by atoms with Crippen molar-refractivity contribution < 1.29 is 13.2 Å². The molecule has 0 fully saturated rings. The number of sulfonamides is 1. The van der Waals surface area contributed by atoms with Crippen LogP contribution in [0.4, 0.5) is 0 Å². The Morgan fingerprint density at radius 3 is 2.22 bits per heavy atom. The van der Waals surface area contributed by atoms with Crippen molar-refractivity contribution in [2.75, 3.05) is 0 Å². The van der Waals surface area contributed by atoms with Crippen molar-refractivity contribution in [3.63, 3.8) is 0 Å². The summed E-state index contributed by atoms with van der Waals surface area (Å²) in [5, 5.41) is 13.0. The number of aliphatic imine (C=N–C) groups is 1. The molecule has 23 heavy (non-hydrogen) atoms. The molecule has 0 aliphatic rings. The fourth-order valence-electron chi connectivity index (χ4n) is 1.63. The lowest BCUT2D eigenvalue weighted by Gasteiger charge is -2.01. The third-order valence-electron chi connectivity index (χ3n) is 2.61. The van der Waals surface area contributed by atoms with Gasteiger partial charge in [0, 0.05) is 0 Å². The summed E-state index contributed by atoms with van der Waals surface area (Å²) in [6.45, 7) is 1.57. The Balaban J connectivity index is 0.00000264. The second-order valence-corrected chi connectivity index (χ2v) is 5.87. The number of nitrogens with zero attached hydrogens (tertiary/aromatic N) is 4. The molecule has 10 nitrogen and oxygen atoms in total. The lowest BCUT2D eigenvalue weighted by atomic mass is 10.3. The molecule has 2 rings (SSSR count). The van der Waals surface area contributed by atoms with Crippen LogP contribution in [0.25, 0.3) is 5.69 Å². The first kappa shape index (κ1) is 18.5. The summed E-state index contributed by atoms with van der Waals surface area (Å²) in [6.07, 6.45) is 0. The number of carbonyl (C=O) groups excluding carboxylic acids is 1. The highest BCUT2D eigenvalue weighted by Gasteiger charge is 2.16. The minimum atomic E-state index is -3.78. The number of hydrogen-bond acceptors (Lipinski definition) is 5. The Bertz CT molecular complexity index is 854. The molecular formula is C11H14ClN7O3S. The SMILES string of the molecule is Cc1nn(-c2ccc(S(N)(=O)=O)cc2)nc1C(=O)N=C(N)N.Cl. The van der Waals surface area contributed by atoms with Gasteiger partial charge in [-0.3, -0.25) is 4.79 Å². The highest BCUT2D eigenvalue weighted by molar-refractivity contribution is 7.89. The van der Waals surface area contributed by atoms with Crippen LogP contribution in [-0.4, -0.2) is 35.3 Å². The number of hydrogen-bond donors (Lipinski definition) is 3. The van der Waals surface area contributed by atoms with Gasteiger partial charge in [0.1, 0.15) is 0 Å². The molecule has 0 saturated heterocycles. The number of guanidine groups is 1. The van der Waals surface area contributed by atoms with E-state index in [1.54, 1.807) is 6.92 Å². The Labute approximate surface area is 137 Å². The van der Waals surface area contributed by atoms with Gasteiger partial charge in [0.25, 0.3) is 0 Å². The Hall–Kier alpha value is -2.50. The minimum Gasteiger partial charge on any atom is -0.370 e. The quantitative estimate of drug-likeness (QED) is 0.468. The predicted molar refractivity (Wildman–Crippen MR) is 84.9 cm³/mol. The molecule has 6 N–H and O–H groups in total. The zero-order valence-corrected chi connectivity index (χ0v) is 13.5. The van der Waals surface area contributed by atoms with Gasteiger partial charge in [0.05, 0.1) is 16.3 Å². The highest BCUT2D eigenvalue weighted by Crippen LogP contribution is 2.13. The number of rotatable bonds is 3. The molecule has 1 aromatic carbocycles. The molecule has 124 valence electrons. The molecule has 0 radical (unpaired) electrons. The van der Waals surface area contributed by atoms with E-state index in [2.05, 4.69) is 15.2 Å². The summed E-state index contributed by atoms with van der Waals surface area (Å²) in [7, 11) is -3.78. The topological polar surface area (TPSA) is 172 Å². The number of amides is 1. The second kappa shape index (κ2) is 6.73.